The molecule has 1 aromatic carbocycles. The first-order valence-corrected chi connectivity index (χ1v) is 9.83. The molecule has 25 heavy (non-hydrogen) atoms. The van der Waals surface area contributed by atoms with Gasteiger partial charge in [0.1, 0.15) is 11.3 Å². The Hall–Kier alpha value is -1.58. The Morgan fingerprint density at radius 2 is 1.88 bits per heavy atom. The normalized spacial score (nSPS) is 27.6. The fourth-order valence-electron chi connectivity index (χ4n) is 4.83. The third kappa shape index (κ3) is 2.94. The summed E-state index contributed by atoms with van der Waals surface area (Å²) in [6, 6.07) is 10.9. The fourth-order valence-corrected chi connectivity index (χ4v) is 4.83. The van der Waals surface area contributed by atoms with Crippen molar-refractivity contribution in [1.82, 2.24) is 4.90 Å². The summed E-state index contributed by atoms with van der Waals surface area (Å²) in [6.45, 7) is 6.48. The van der Waals surface area contributed by atoms with Crippen LogP contribution in [0.15, 0.2) is 47.7 Å². The molecule has 1 heterocycles. The van der Waals surface area contributed by atoms with Crippen LogP contribution in [0.25, 0.3) is 5.57 Å². The highest BCUT2D eigenvalue weighted by Gasteiger charge is 2.49. The zero-order chi connectivity index (χ0) is 17.1. The first kappa shape index (κ1) is 16.9. The number of fused-ring (bicyclic) bond motifs is 1. The first-order chi connectivity index (χ1) is 12.4. The van der Waals surface area contributed by atoms with Crippen molar-refractivity contribution in [1.29, 1.82) is 0 Å². The van der Waals surface area contributed by atoms with Crippen molar-refractivity contribution < 1.29 is 9.47 Å². The van der Waals surface area contributed by atoms with Crippen molar-refractivity contribution in [3.63, 3.8) is 0 Å². The Morgan fingerprint density at radius 1 is 1.08 bits per heavy atom. The molecule has 0 bridgehead atoms. The van der Waals surface area contributed by atoms with Gasteiger partial charge < -0.3 is 9.47 Å². The standard InChI is InChI=1S/C22H29NO2/c1-2-25-21-17-19(18-9-5-3-6-10-18)20-11-7-4-8-12-22(20,21)23-13-15-24-16-14-23/h3,5-6,9-10,17H,2,4,7-8,11-16H2,1H3. The molecule has 0 N–H and O–H groups in total. The highest BCUT2D eigenvalue weighted by atomic mass is 16.5. The summed E-state index contributed by atoms with van der Waals surface area (Å²) in [5.41, 5.74) is 4.27. The second-order valence-electron chi connectivity index (χ2n) is 7.22. The van der Waals surface area contributed by atoms with E-state index in [0.717, 1.165) is 32.9 Å². The van der Waals surface area contributed by atoms with E-state index in [0.29, 0.717) is 0 Å². The molecule has 1 unspecified atom stereocenters. The van der Waals surface area contributed by atoms with Crippen LogP contribution in [-0.2, 0) is 9.47 Å². The average molecular weight is 339 g/mol. The summed E-state index contributed by atoms with van der Waals surface area (Å²) in [5.74, 6) is 1.17. The van der Waals surface area contributed by atoms with Crippen molar-refractivity contribution in [3.8, 4) is 0 Å². The molecule has 4 rings (SSSR count). The Balaban J connectivity index is 1.85. The van der Waals surface area contributed by atoms with E-state index in [9.17, 15) is 0 Å². The third-order valence-corrected chi connectivity index (χ3v) is 5.91. The molecule has 3 aliphatic rings. The molecule has 0 radical (unpaired) electrons. The summed E-state index contributed by atoms with van der Waals surface area (Å²) < 4.78 is 11.9. The Kier molecular flexibility index (Phi) is 4.96. The van der Waals surface area contributed by atoms with Gasteiger partial charge >= 0.3 is 0 Å². The molecule has 1 atom stereocenters. The van der Waals surface area contributed by atoms with Crippen LogP contribution >= 0.6 is 0 Å². The number of morpholine rings is 1. The number of hydrogen-bond donors (Lipinski definition) is 0. The SMILES string of the molecule is CCOC1=CC(c2ccccc2)=C2CCCCCC12N1CCOCC1. The van der Waals surface area contributed by atoms with Gasteiger partial charge in [-0.1, -0.05) is 43.2 Å². The topological polar surface area (TPSA) is 21.7 Å². The van der Waals surface area contributed by atoms with Gasteiger partial charge in [0, 0.05) is 13.1 Å². The molecule has 3 heteroatoms. The molecule has 0 amide bonds. The van der Waals surface area contributed by atoms with Gasteiger partial charge in [0.2, 0.25) is 0 Å². The number of hydrogen-bond acceptors (Lipinski definition) is 3. The van der Waals surface area contributed by atoms with Gasteiger partial charge in [0.15, 0.2) is 0 Å². The number of allylic oxidation sites excluding steroid dienone is 2. The molecule has 2 fully saturated rings. The quantitative estimate of drug-likeness (QED) is 0.811. The largest absolute Gasteiger partial charge is 0.496 e. The molecule has 1 saturated carbocycles. The van der Waals surface area contributed by atoms with E-state index in [-0.39, 0.29) is 5.54 Å². The maximum absolute atomic E-state index is 6.27. The van der Waals surface area contributed by atoms with E-state index in [2.05, 4.69) is 48.2 Å². The van der Waals surface area contributed by atoms with Gasteiger partial charge in [-0.3, -0.25) is 4.90 Å². The van der Waals surface area contributed by atoms with Crippen molar-refractivity contribution >= 4 is 5.57 Å². The minimum atomic E-state index is -0.0402. The van der Waals surface area contributed by atoms with Crippen LogP contribution in [0.4, 0.5) is 0 Å². The minimum Gasteiger partial charge on any atom is -0.496 e. The molecule has 1 aliphatic heterocycles. The number of benzene rings is 1. The zero-order valence-electron chi connectivity index (χ0n) is 15.3. The minimum absolute atomic E-state index is 0.0402. The number of rotatable bonds is 4. The van der Waals surface area contributed by atoms with E-state index in [4.69, 9.17) is 9.47 Å². The Bertz CT molecular complexity index is 658. The second kappa shape index (κ2) is 7.35. The molecule has 3 nitrogen and oxygen atoms in total. The van der Waals surface area contributed by atoms with Crippen LogP contribution in [0.2, 0.25) is 0 Å². The highest BCUT2D eigenvalue weighted by Crippen LogP contribution is 2.51. The lowest BCUT2D eigenvalue weighted by Gasteiger charge is -2.46. The van der Waals surface area contributed by atoms with Crippen molar-refractivity contribution in [2.75, 3.05) is 32.9 Å². The Morgan fingerprint density at radius 3 is 2.64 bits per heavy atom. The molecule has 1 aromatic rings. The van der Waals surface area contributed by atoms with Crippen LogP contribution in [-0.4, -0.2) is 43.3 Å². The Labute approximate surface area is 151 Å². The van der Waals surface area contributed by atoms with Crippen LogP contribution in [0.3, 0.4) is 0 Å². The summed E-state index contributed by atoms with van der Waals surface area (Å²) in [7, 11) is 0. The van der Waals surface area contributed by atoms with E-state index < -0.39 is 0 Å². The van der Waals surface area contributed by atoms with Crippen LogP contribution in [0.1, 0.15) is 44.6 Å². The predicted octanol–water partition coefficient (Wildman–Crippen LogP) is 4.41. The van der Waals surface area contributed by atoms with Gasteiger partial charge in [0.05, 0.1) is 19.8 Å². The van der Waals surface area contributed by atoms with E-state index in [1.807, 2.05) is 0 Å². The fraction of sp³-hybridized carbons (Fsp3) is 0.545. The van der Waals surface area contributed by atoms with Crippen molar-refractivity contribution in [3.05, 3.63) is 53.3 Å². The average Bonchev–Trinajstić information content (AvgIpc) is 2.82. The number of ether oxygens (including phenoxy) is 2. The predicted molar refractivity (Wildman–Crippen MR) is 101 cm³/mol. The summed E-state index contributed by atoms with van der Waals surface area (Å²) in [5, 5.41) is 0. The number of nitrogens with zero attached hydrogens (tertiary/aromatic N) is 1. The van der Waals surface area contributed by atoms with Gasteiger partial charge in [-0.15, -0.1) is 0 Å². The second-order valence-corrected chi connectivity index (χ2v) is 7.22. The monoisotopic (exact) mass is 339 g/mol. The maximum atomic E-state index is 6.27. The lowest BCUT2D eigenvalue weighted by Crippen LogP contribution is -2.55. The van der Waals surface area contributed by atoms with Crippen LogP contribution < -0.4 is 0 Å². The zero-order valence-corrected chi connectivity index (χ0v) is 15.3. The molecule has 134 valence electrons. The van der Waals surface area contributed by atoms with Crippen molar-refractivity contribution in [2.24, 2.45) is 0 Å². The van der Waals surface area contributed by atoms with Gasteiger partial charge in [-0.05, 0) is 49.0 Å². The van der Waals surface area contributed by atoms with Crippen LogP contribution in [0.5, 0.6) is 0 Å². The molecule has 0 aromatic heterocycles. The summed E-state index contributed by atoms with van der Waals surface area (Å²) in [4.78, 5) is 2.65. The van der Waals surface area contributed by atoms with Gasteiger partial charge in [-0.2, -0.15) is 0 Å². The van der Waals surface area contributed by atoms with Gasteiger partial charge in [0.25, 0.3) is 0 Å². The lowest BCUT2D eigenvalue weighted by atomic mass is 9.82. The van der Waals surface area contributed by atoms with Crippen molar-refractivity contribution in [2.45, 2.75) is 44.6 Å². The van der Waals surface area contributed by atoms with Gasteiger partial charge in [-0.25, -0.2) is 0 Å². The smallest absolute Gasteiger partial charge is 0.121 e. The first-order valence-electron chi connectivity index (χ1n) is 9.83. The summed E-state index contributed by atoms with van der Waals surface area (Å²) >= 11 is 0. The molecule has 0 spiro atoms. The summed E-state index contributed by atoms with van der Waals surface area (Å²) in [6.07, 6.45) is 8.56. The molecule has 1 saturated heterocycles. The van der Waals surface area contributed by atoms with E-state index >= 15 is 0 Å². The van der Waals surface area contributed by atoms with E-state index in [1.54, 1.807) is 5.57 Å². The van der Waals surface area contributed by atoms with Crippen LogP contribution in [0, 0.1) is 0 Å². The lowest BCUT2D eigenvalue weighted by molar-refractivity contribution is -0.0183. The molecular formula is C22H29NO2. The maximum Gasteiger partial charge on any atom is 0.121 e. The molecular weight excluding hydrogens is 310 g/mol. The highest BCUT2D eigenvalue weighted by molar-refractivity contribution is 5.83. The molecule has 2 aliphatic carbocycles. The van der Waals surface area contributed by atoms with E-state index in [1.165, 1.54) is 49.0 Å². The third-order valence-electron chi connectivity index (χ3n) is 5.91.